The zero-order valence-corrected chi connectivity index (χ0v) is 7.53. The van der Waals surface area contributed by atoms with Gasteiger partial charge in [-0.25, -0.2) is 9.18 Å². The maximum Gasteiger partial charge on any atom is 0.349 e. The Morgan fingerprint density at radius 2 is 2.50 bits per heavy atom. The highest BCUT2D eigenvalue weighted by molar-refractivity contribution is 5.92. The van der Waals surface area contributed by atoms with Crippen LogP contribution in [-0.4, -0.2) is 30.8 Å². The maximum absolute atomic E-state index is 14.0. The van der Waals surface area contributed by atoms with Gasteiger partial charge in [-0.3, -0.25) is 4.79 Å². The lowest BCUT2D eigenvalue weighted by Gasteiger charge is -2.39. The minimum Gasteiger partial charge on any atom is -0.469 e. The molecule has 0 aromatic rings. The first-order chi connectivity index (χ1) is 6.58. The van der Waals surface area contributed by atoms with Gasteiger partial charge in [0.05, 0.1) is 7.11 Å². The number of ether oxygens (including phenoxy) is 2. The summed E-state index contributed by atoms with van der Waals surface area (Å²) in [6, 6.07) is 0. The number of carbonyl (C=O) groups excluding carboxylic acids is 2. The van der Waals surface area contributed by atoms with Crippen LogP contribution < -0.4 is 0 Å². The van der Waals surface area contributed by atoms with Gasteiger partial charge in [0, 0.05) is 6.42 Å². The van der Waals surface area contributed by atoms with Crippen LogP contribution in [0.25, 0.3) is 0 Å². The third-order valence-electron chi connectivity index (χ3n) is 2.59. The van der Waals surface area contributed by atoms with Crippen LogP contribution in [0.2, 0.25) is 0 Å². The Hall–Kier alpha value is -1.39. The van der Waals surface area contributed by atoms with Crippen LogP contribution >= 0.6 is 0 Å². The van der Waals surface area contributed by atoms with E-state index in [9.17, 15) is 14.0 Å². The Balaban J connectivity index is 2.35. The number of carbonyl (C=O) groups is 2. The molecule has 0 radical (unpaired) electrons. The Morgan fingerprint density at radius 1 is 1.79 bits per heavy atom. The van der Waals surface area contributed by atoms with Crippen LogP contribution in [0, 0.1) is 5.92 Å². The Morgan fingerprint density at radius 3 is 3.07 bits per heavy atom. The molecule has 1 fully saturated rings. The number of esters is 2. The zero-order chi connectivity index (χ0) is 10.3. The summed E-state index contributed by atoms with van der Waals surface area (Å²) < 4.78 is 23.1. The minimum atomic E-state index is -2.33. The van der Waals surface area contributed by atoms with E-state index in [1.165, 1.54) is 13.2 Å². The van der Waals surface area contributed by atoms with Gasteiger partial charge in [0.25, 0.3) is 0 Å². The molecule has 3 atom stereocenters. The summed E-state index contributed by atoms with van der Waals surface area (Å²) in [5, 5.41) is 0. The molecule has 76 valence electrons. The lowest BCUT2D eigenvalue weighted by molar-refractivity contribution is -0.183. The number of fused-ring (bicyclic) bond motifs is 2. The van der Waals surface area contributed by atoms with Gasteiger partial charge < -0.3 is 9.47 Å². The van der Waals surface area contributed by atoms with Gasteiger partial charge in [-0.2, -0.15) is 0 Å². The summed E-state index contributed by atoms with van der Waals surface area (Å²) >= 11 is 0. The third-order valence-corrected chi connectivity index (χ3v) is 2.59. The van der Waals surface area contributed by atoms with Crippen molar-refractivity contribution in [2.45, 2.75) is 18.2 Å². The van der Waals surface area contributed by atoms with Crippen molar-refractivity contribution < 1.29 is 23.5 Å². The number of hydrogen-bond acceptors (Lipinski definition) is 4. The molecular weight excluding hydrogens is 191 g/mol. The molecule has 0 amide bonds. The highest BCUT2D eigenvalue weighted by Crippen LogP contribution is 2.40. The highest BCUT2D eigenvalue weighted by Gasteiger charge is 2.57. The highest BCUT2D eigenvalue weighted by atomic mass is 19.1. The summed E-state index contributed by atoms with van der Waals surface area (Å²) in [6.07, 6.45) is 2.21. The smallest absolute Gasteiger partial charge is 0.349 e. The first-order valence-electron chi connectivity index (χ1n) is 4.25. The zero-order valence-electron chi connectivity index (χ0n) is 7.53. The normalized spacial score (nSPS) is 39.4. The van der Waals surface area contributed by atoms with E-state index >= 15 is 0 Å². The number of methoxy groups -OCH3 is 1. The average molecular weight is 200 g/mol. The van der Waals surface area contributed by atoms with E-state index in [0.29, 0.717) is 0 Å². The molecule has 0 saturated carbocycles. The first kappa shape index (κ1) is 9.18. The maximum atomic E-state index is 14.0. The largest absolute Gasteiger partial charge is 0.469 e. The minimum absolute atomic E-state index is 0.158. The molecule has 2 aliphatic heterocycles. The SMILES string of the molecule is COC(=O)[C@H]1C[C@@H]2C=C[C@@]1(F)C(=O)O2. The summed E-state index contributed by atoms with van der Waals surface area (Å²) in [7, 11) is 1.17. The van der Waals surface area contributed by atoms with Gasteiger partial charge in [0.15, 0.2) is 0 Å². The molecule has 4 nitrogen and oxygen atoms in total. The van der Waals surface area contributed by atoms with E-state index < -0.39 is 29.6 Å². The Kier molecular flexibility index (Phi) is 1.83. The van der Waals surface area contributed by atoms with Crippen molar-refractivity contribution in [3.8, 4) is 0 Å². The molecule has 2 heterocycles. The fourth-order valence-corrected chi connectivity index (χ4v) is 1.78. The molecule has 0 aromatic heterocycles. The Bertz CT molecular complexity index is 325. The monoisotopic (exact) mass is 200 g/mol. The fraction of sp³-hybridized carbons (Fsp3) is 0.556. The van der Waals surface area contributed by atoms with Crippen molar-refractivity contribution in [2.75, 3.05) is 7.11 Å². The summed E-state index contributed by atoms with van der Waals surface area (Å²) in [4.78, 5) is 22.4. The van der Waals surface area contributed by atoms with Crippen LogP contribution in [0.4, 0.5) is 4.39 Å². The van der Waals surface area contributed by atoms with Gasteiger partial charge in [-0.15, -0.1) is 0 Å². The van der Waals surface area contributed by atoms with Gasteiger partial charge in [0.1, 0.15) is 12.0 Å². The second kappa shape index (κ2) is 2.80. The predicted octanol–water partition coefficient (Wildman–Crippen LogP) is 0.369. The van der Waals surface area contributed by atoms with E-state index in [1.807, 2.05) is 0 Å². The topological polar surface area (TPSA) is 52.6 Å². The first-order valence-corrected chi connectivity index (χ1v) is 4.25. The standard InChI is InChI=1S/C9H9FO4/c1-13-7(11)6-4-5-2-3-9(6,10)8(12)14-5/h2-3,5-6H,4H2,1H3/t5-,6+,9-/m0/s1. The predicted molar refractivity (Wildman–Crippen MR) is 43.0 cm³/mol. The van der Waals surface area contributed by atoms with Gasteiger partial charge in [-0.1, -0.05) is 0 Å². The molecule has 1 saturated heterocycles. The van der Waals surface area contributed by atoms with E-state index in [-0.39, 0.29) is 6.42 Å². The van der Waals surface area contributed by atoms with Crippen molar-refractivity contribution >= 4 is 11.9 Å². The van der Waals surface area contributed by atoms with Crippen LogP contribution in [0.3, 0.4) is 0 Å². The van der Waals surface area contributed by atoms with Crippen molar-refractivity contribution in [3.63, 3.8) is 0 Å². The quantitative estimate of drug-likeness (QED) is 0.453. The third kappa shape index (κ3) is 1.05. The number of alkyl halides is 1. The molecule has 0 spiro atoms. The summed E-state index contributed by atoms with van der Waals surface area (Å²) in [6.45, 7) is 0. The van der Waals surface area contributed by atoms with Crippen LogP contribution in [0.1, 0.15) is 6.42 Å². The molecule has 3 rings (SSSR count). The lowest BCUT2D eigenvalue weighted by atomic mass is 9.77. The van der Waals surface area contributed by atoms with Crippen molar-refractivity contribution in [3.05, 3.63) is 12.2 Å². The van der Waals surface area contributed by atoms with Crippen molar-refractivity contribution in [1.82, 2.24) is 0 Å². The number of rotatable bonds is 1. The van der Waals surface area contributed by atoms with Gasteiger partial charge >= 0.3 is 11.9 Å². The molecule has 14 heavy (non-hydrogen) atoms. The molecule has 2 bridgehead atoms. The Labute approximate surface area is 79.7 Å². The summed E-state index contributed by atoms with van der Waals surface area (Å²) in [5.74, 6) is -2.77. The molecule has 3 aliphatic rings. The van der Waals surface area contributed by atoms with Gasteiger partial charge in [0.2, 0.25) is 5.67 Å². The van der Waals surface area contributed by atoms with E-state index in [4.69, 9.17) is 4.74 Å². The van der Waals surface area contributed by atoms with Crippen LogP contribution in [0.15, 0.2) is 12.2 Å². The molecule has 0 aromatic carbocycles. The number of halogens is 1. The van der Waals surface area contributed by atoms with Crippen LogP contribution in [0.5, 0.6) is 0 Å². The van der Waals surface area contributed by atoms with E-state index in [1.54, 1.807) is 0 Å². The molecular formula is C9H9FO4. The van der Waals surface area contributed by atoms with Crippen LogP contribution in [-0.2, 0) is 19.1 Å². The van der Waals surface area contributed by atoms with Crippen molar-refractivity contribution in [1.29, 1.82) is 0 Å². The lowest BCUT2D eigenvalue weighted by Crippen LogP contribution is -2.55. The van der Waals surface area contributed by atoms with E-state index in [0.717, 1.165) is 6.08 Å². The number of hydrogen-bond donors (Lipinski definition) is 0. The summed E-state index contributed by atoms with van der Waals surface area (Å²) in [5.41, 5.74) is -2.33. The van der Waals surface area contributed by atoms with E-state index in [2.05, 4.69) is 4.74 Å². The molecule has 0 unspecified atom stereocenters. The van der Waals surface area contributed by atoms with Crippen molar-refractivity contribution in [2.24, 2.45) is 5.92 Å². The average Bonchev–Trinajstić information content (AvgIpc) is 2.18. The molecule has 5 heteroatoms. The molecule has 0 N–H and O–H groups in total. The second-order valence-corrected chi connectivity index (χ2v) is 3.38. The second-order valence-electron chi connectivity index (χ2n) is 3.38. The molecule has 1 aliphatic carbocycles. The van der Waals surface area contributed by atoms with Gasteiger partial charge in [-0.05, 0) is 12.2 Å². The fourth-order valence-electron chi connectivity index (χ4n) is 1.78.